The summed E-state index contributed by atoms with van der Waals surface area (Å²) in [7, 11) is 0. The molecule has 5 aromatic rings. The molecule has 0 N–H and O–H groups in total. The van der Waals surface area contributed by atoms with Crippen molar-refractivity contribution < 1.29 is 17.6 Å². The van der Waals surface area contributed by atoms with Crippen LogP contribution >= 0.6 is 11.6 Å². The Kier molecular flexibility index (Phi) is 4.51. The molecule has 0 unspecified atom stereocenters. The summed E-state index contributed by atoms with van der Waals surface area (Å²) in [6.07, 6.45) is -0.760. The Hall–Kier alpha value is -3.32. The van der Waals surface area contributed by atoms with Crippen LogP contribution in [0.1, 0.15) is 5.69 Å². The lowest BCUT2D eigenvalue weighted by atomic mass is 10.0. The van der Waals surface area contributed by atoms with Crippen molar-refractivity contribution in [3.05, 3.63) is 89.7 Å². The molecule has 0 atom stereocenters. The Morgan fingerprint density at radius 3 is 2.45 bits per heavy atom. The molecule has 5 rings (SSSR count). The molecule has 0 saturated heterocycles. The molecule has 3 aromatic heterocycles. The summed E-state index contributed by atoms with van der Waals surface area (Å²) in [6, 6.07) is 15.6. The quantitative estimate of drug-likeness (QED) is 0.280. The van der Waals surface area contributed by atoms with Crippen LogP contribution in [0.3, 0.4) is 0 Å². The summed E-state index contributed by atoms with van der Waals surface area (Å²) in [4.78, 5) is 4.10. The predicted molar refractivity (Wildman–Crippen MR) is 112 cm³/mol. The molecule has 31 heavy (non-hydrogen) atoms. The number of hydrogen-bond acceptors (Lipinski definition) is 1. The first-order valence-electron chi connectivity index (χ1n) is 9.39. The molecule has 8 heteroatoms. The van der Waals surface area contributed by atoms with Crippen molar-refractivity contribution in [2.45, 2.75) is 12.6 Å². The van der Waals surface area contributed by atoms with Crippen LogP contribution in [0.2, 0.25) is 5.02 Å². The van der Waals surface area contributed by atoms with Gasteiger partial charge in [-0.3, -0.25) is 0 Å². The average molecular weight is 444 g/mol. The molecule has 0 aliphatic carbocycles. The zero-order valence-corrected chi connectivity index (χ0v) is 16.6. The molecule has 156 valence electrons. The Morgan fingerprint density at radius 1 is 0.935 bits per heavy atom. The number of aromatic nitrogens is 3. The smallest absolute Gasteiger partial charge is 0.317 e. The first-order chi connectivity index (χ1) is 14.8. The van der Waals surface area contributed by atoms with E-state index in [0.717, 1.165) is 22.2 Å². The third kappa shape index (κ3) is 3.55. The van der Waals surface area contributed by atoms with Gasteiger partial charge < -0.3 is 8.97 Å². The highest BCUT2D eigenvalue weighted by Gasteiger charge is 2.29. The number of pyridine rings is 1. The first kappa shape index (κ1) is 19.6. The van der Waals surface area contributed by atoms with Crippen LogP contribution in [0, 0.1) is 5.82 Å². The lowest BCUT2D eigenvalue weighted by Gasteiger charge is -2.10. The molecule has 3 nitrogen and oxygen atoms in total. The standard InChI is InChI=1S/C23H14ClF4N3/c24-21-19(8-10-31-18(12-23(26,27)28)13-29-22(21)31)14-1-6-20-15(11-14)7-9-30(20)17-4-2-16(25)3-5-17/h1-11,13H,12H2. The van der Waals surface area contributed by atoms with Crippen molar-refractivity contribution in [1.82, 2.24) is 14.0 Å². The van der Waals surface area contributed by atoms with Crippen LogP contribution < -0.4 is 0 Å². The highest BCUT2D eigenvalue weighted by Crippen LogP contribution is 2.34. The lowest BCUT2D eigenvalue weighted by Crippen LogP contribution is -2.13. The van der Waals surface area contributed by atoms with Gasteiger partial charge in [-0.05, 0) is 54.1 Å². The minimum Gasteiger partial charge on any atom is -0.317 e. The molecule has 0 radical (unpaired) electrons. The van der Waals surface area contributed by atoms with Gasteiger partial charge in [0.2, 0.25) is 0 Å². The van der Waals surface area contributed by atoms with Crippen LogP contribution in [-0.4, -0.2) is 20.1 Å². The number of rotatable bonds is 3. The minimum absolute atomic E-state index is 0.0303. The lowest BCUT2D eigenvalue weighted by molar-refractivity contribution is -0.127. The number of nitrogens with zero attached hydrogens (tertiary/aromatic N) is 3. The second-order valence-electron chi connectivity index (χ2n) is 7.21. The van der Waals surface area contributed by atoms with Crippen molar-refractivity contribution in [3.8, 4) is 16.8 Å². The third-order valence-corrected chi connectivity index (χ3v) is 5.56. The topological polar surface area (TPSA) is 22.2 Å². The third-order valence-electron chi connectivity index (χ3n) is 5.18. The highest BCUT2D eigenvalue weighted by molar-refractivity contribution is 6.36. The van der Waals surface area contributed by atoms with E-state index in [0.29, 0.717) is 5.56 Å². The Bertz CT molecular complexity index is 1420. The SMILES string of the molecule is Fc1ccc(-n2ccc3cc(-c4ccn5c(CC(F)(F)F)cnc5c4Cl)ccc32)cc1. The molecule has 0 fully saturated rings. The molecule has 3 heterocycles. The Balaban J connectivity index is 1.56. The Labute approximate surface area is 179 Å². The van der Waals surface area contributed by atoms with Crippen molar-refractivity contribution in [1.29, 1.82) is 0 Å². The Morgan fingerprint density at radius 2 is 1.71 bits per heavy atom. The molecular formula is C23H14ClF4N3. The fourth-order valence-corrected chi connectivity index (χ4v) is 4.08. The van der Waals surface area contributed by atoms with Crippen LogP contribution in [0.25, 0.3) is 33.4 Å². The van der Waals surface area contributed by atoms with Gasteiger partial charge in [-0.25, -0.2) is 9.37 Å². The minimum atomic E-state index is -4.33. The van der Waals surface area contributed by atoms with Crippen molar-refractivity contribution in [2.24, 2.45) is 0 Å². The van der Waals surface area contributed by atoms with Gasteiger partial charge in [0.1, 0.15) is 5.82 Å². The monoisotopic (exact) mass is 443 g/mol. The molecule has 0 aliphatic heterocycles. The number of benzene rings is 2. The zero-order chi connectivity index (χ0) is 21.8. The summed E-state index contributed by atoms with van der Waals surface area (Å²) in [5.74, 6) is -0.301. The van der Waals surface area contributed by atoms with Crippen molar-refractivity contribution >= 4 is 28.2 Å². The number of fused-ring (bicyclic) bond motifs is 2. The van der Waals surface area contributed by atoms with E-state index in [4.69, 9.17) is 11.6 Å². The summed E-state index contributed by atoms with van der Waals surface area (Å²) in [5.41, 5.74) is 3.57. The molecule has 0 saturated carbocycles. The number of halogens is 5. The van der Waals surface area contributed by atoms with Gasteiger partial charge in [-0.1, -0.05) is 17.7 Å². The van der Waals surface area contributed by atoms with Crippen LogP contribution in [-0.2, 0) is 6.42 Å². The van der Waals surface area contributed by atoms with Gasteiger partial charge in [0.15, 0.2) is 5.65 Å². The van der Waals surface area contributed by atoms with E-state index < -0.39 is 12.6 Å². The largest absolute Gasteiger partial charge is 0.394 e. The summed E-state index contributed by atoms with van der Waals surface area (Å²) in [5, 5.41) is 1.23. The number of hydrogen-bond donors (Lipinski definition) is 0. The van der Waals surface area contributed by atoms with Gasteiger partial charge in [-0.15, -0.1) is 0 Å². The first-order valence-corrected chi connectivity index (χ1v) is 9.76. The van der Waals surface area contributed by atoms with E-state index in [1.54, 1.807) is 24.4 Å². The highest BCUT2D eigenvalue weighted by atomic mass is 35.5. The molecule has 0 aliphatic rings. The molecule has 0 amide bonds. The van der Waals surface area contributed by atoms with Crippen molar-refractivity contribution in [3.63, 3.8) is 0 Å². The van der Waals surface area contributed by atoms with Crippen LogP contribution in [0.5, 0.6) is 0 Å². The zero-order valence-electron chi connectivity index (χ0n) is 15.9. The summed E-state index contributed by atoms with van der Waals surface area (Å²) < 4.78 is 54.9. The average Bonchev–Trinajstić information content (AvgIpc) is 3.32. The van der Waals surface area contributed by atoms with E-state index >= 15 is 0 Å². The number of imidazole rings is 1. The summed E-state index contributed by atoms with van der Waals surface area (Å²) in [6.45, 7) is 0. The summed E-state index contributed by atoms with van der Waals surface area (Å²) >= 11 is 6.52. The van der Waals surface area contributed by atoms with E-state index in [1.807, 2.05) is 35.0 Å². The van der Waals surface area contributed by atoms with Crippen LogP contribution in [0.15, 0.2) is 73.2 Å². The molecule has 0 spiro atoms. The molecule has 2 aromatic carbocycles. The molecule has 0 bridgehead atoms. The molecular weight excluding hydrogens is 430 g/mol. The maximum Gasteiger partial charge on any atom is 0.394 e. The number of alkyl halides is 3. The van der Waals surface area contributed by atoms with Gasteiger partial charge >= 0.3 is 6.18 Å². The van der Waals surface area contributed by atoms with Crippen LogP contribution in [0.4, 0.5) is 17.6 Å². The second-order valence-corrected chi connectivity index (χ2v) is 7.59. The van der Waals surface area contributed by atoms with E-state index in [1.165, 1.54) is 22.7 Å². The fourth-order valence-electron chi connectivity index (χ4n) is 3.76. The van der Waals surface area contributed by atoms with Gasteiger partial charge in [0.05, 0.1) is 22.7 Å². The van der Waals surface area contributed by atoms with E-state index in [9.17, 15) is 17.6 Å². The second kappa shape index (κ2) is 7.13. The maximum absolute atomic E-state index is 13.2. The van der Waals surface area contributed by atoms with E-state index in [-0.39, 0.29) is 22.2 Å². The fraction of sp³-hybridized carbons (Fsp3) is 0.0870. The maximum atomic E-state index is 13.2. The van der Waals surface area contributed by atoms with Gasteiger partial charge in [0.25, 0.3) is 0 Å². The van der Waals surface area contributed by atoms with E-state index in [2.05, 4.69) is 4.98 Å². The van der Waals surface area contributed by atoms with Gasteiger partial charge in [0, 0.05) is 35.2 Å². The van der Waals surface area contributed by atoms with Gasteiger partial charge in [-0.2, -0.15) is 13.2 Å². The van der Waals surface area contributed by atoms with Crippen molar-refractivity contribution in [2.75, 3.05) is 0 Å². The predicted octanol–water partition coefficient (Wildman–Crippen LogP) is 6.84. The normalized spacial score (nSPS) is 12.2.